The number of aromatic nitrogens is 2. The van der Waals surface area contributed by atoms with Gasteiger partial charge in [-0.1, -0.05) is 12.1 Å². The molecule has 1 aliphatic rings. The Morgan fingerprint density at radius 3 is 2.94 bits per heavy atom. The third-order valence-corrected chi connectivity index (χ3v) is 2.80. The van der Waals surface area contributed by atoms with Crippen molar-refractivity contribution in [1.29, 1.82) is 0 Å². The van der Waals surface area contributed by atoms with Crippen LogP contribution in [0, 0.1) is 5.92 Å². The minimum Gasteiger partial charge on any atom is -0.369 e. The van der Waals surface area contributed by atoms with Crippen LogP contribution in [0.5, 0.6) is 0 Å². The number of nitrogens with zero attached hydrogens (tertiary/aromatic N) is 2. The normalized spacial score (nSPS) is 15.9. The van der Waals surface area contributed by atoms with E-state index in [0.717, 1.165) is 23.9 Å². The van der Waals surface area contributed by atoms with Gasteiger partial charge < -0.3 is 10.7 Å². The van der Waals surface area contributed by atoms with Crippen LogP contribution in [0.3, 0.4) is 0 Å². The number of para-hydroxylation sites is 2. The summed E-state index contributed by atoms with van der Waals surface area (Å²) in [6, 6.07) is 7.59. The first-order valence-electron chi connectivity index (χ1n) is 5.82. The van der Waals surface area contributed by atoms with Crippen molar-refractivity contribution >= 4 is 28.8 Å². The zero-order valence-corrected chi connectivity index (χ0v) is 9.68. The van der Waals surface area contributed by atoms with Crippen molar-refractivity contribution in [2.45, 2.75) is 12.8 Å². The van der Waals surface area contributed by atoms with E-state index in [2.05, 4.69) is 20.3 Å². The summed E-state index contributed by atoms with van der Waals surface area (Å²) in [5, 5.41) is 2.56. The van der Waals surface area contributed by atoms with E-state index in [0.29, 0.717) is 5.95 Å². The van der Waals surface area contributed by atoms with Crippen molar-refractivity contribution in [3.63, 3.8) is 0 Å². The summed E-state index contributed by atoms with van der Waals surface area (Å²) < 4.78 is 0. The molecule has 1 aliphatic carbocycles. The molecule has 1 saturated carbocycles. The van der Waals surface area contributed by atoms with Crippen LogP contribution in [0.2, 0.25) is 0 Å². The van der Waals surface area contributed by atoms with E-state index in [9.17, 15) is 4.79 Å². The standard InChI is InChI=1S/C12H13N5O/c13-11(16-10(18)7-5-6-7)17-12-14-8-3-1-2-4-9(8)15-12/h1-4,7H,5-6H2,(H4,13,14,15,16,17,18). The molecule has 0 radical (unpaired) electrons. The Labute approximate surface area is 103 Å². The van der Waals surface area contributed by atoms with Crippen molar-refractivity contribution in [3.8, 4) is 0 Å². The number of fused-ring (bicyclic) bond motifs is 1. The Kier molecular flexibility index (Phi) is 2.47. The molecule has 92 valence electrons. The van der Waals surface area contributed by atoms with Gasteiger partial charge in [0.15, 0.2) is 0 Å². The second-order valence-electron chi connectivity index (χ2n) is 4.34. The molecule has 1 amide bonds. The largest absolute Gasteiger partial charge is 0.369 e. The third kappa shape index (κ3) is 2.17. The SMILES string of the molecule is NC(=Nc1nc2ccccc2[nH]1)NC(=O)C1CC1. The molecule has 0 aliphatic heterocycles. The van der Waals surface area contributed by atoms with Crippen LogP contribution in [0.4, 0.5) is 5.95 Å². The number of hydrogen-bond acceptors (Lipinski definition) is 3. The highest BCUT2D eigenvalue weighted by Gasteiger charge is 2.29. The molecule has 2 aromatic rings. The Morgan fingerprint density at radius 2 is 2.22 bits per heavy atom. The van der Waals surface area contributed by atoms with Gasteiger partial charge in [0.1, 0.15) is 0 Å². The number of amides is 1. The molecule has 0 unspecified atom stereocenters. The molecule has 1 fully saturated rings. The predicted octanol–water partition coefficient (Wildman–Crippen LogP) is 1.04. The van der Waals surface area contributed by atoms with Crippen molar-refractivity contribution < 1.29 is 4.79 Å². The Balaban J connectivity index is 1.79. The van der Waals surface area contributed by atoms with Gasteiger partial charge in [0.25, 0.3) is 0 Å². The van der Waals surface area contributed by atoms with Gasteiger partial charge in [-0.15, -0.1) is 0 Å². The molecule has 1 aromatic carbocycles. The molecule has 0 bridgehead atoms. The quantitative estimate of drug-likeness (QED) is 0.543. The van der Waals surface area contributed by atoms with E-state index in [-0.39, 0.29) is 17.8 Å². The number of guanidine groups is 1. The average Bonchev–Trinajstić information content (AvgIpc) is 3.10. The number of H-pyrrole nitrogens is 1. The number of nitrogens with one attached hydrogen (secondary N) is 2. The topological polar surface area (TPSA) is 96.2 Å². The number of benzene rings is 1. The first-order chi connectivity index (χ1) is 8.72. The Hall–Kier alpha value is -2.37. The van der Waals surface area contributed by atoms with E-state index in [4.69, 9.17) is 5.73 Å². The molecule has 1 heterocycles. The molecule has 0 spiro atoms. The average molecular weight is 243 g/mol. The maximum Gasteiger partial charge on any atom is 0.231 e. The molecule has 18 heavy (non-hydrogen) atoms. The summed E-state index contributed by atoms with van der Waals surface area (Å²) in [5.74, 6) is 0.512. The molecular formula is C12H13N5O. The molecule has 0 atom stereocenters. The van der Waals surface area contributed by atoms with Crippen LogP contribution in [0.1, 0.15) is 12.8 Å². The zero-order chi connectivity index (χ0) is 12.5. The van der Waals surface area contributed by atoms with Crippen molar-refractivity contribution in [1.82, 2.24) is 15.3 Å². The molecule has 0 saturated heterocycles. The summed E-state index contributed by atoms with van der Waals surface area (Å²) >= 11 is 0. The monoisotopic (exact) mass is 243 g/mol. The summed E-state index contributed by atoms with van der Waals surface area (Å²) in [6.07, 6.45) is 1.87. The van der Waals surface area contributed by atoms with E-state index in [1.165, 1.54) is 0 Å². The lowest BCUT2D eigenvalue weighted by molar-refractivity contribution is -0.120. The van der Waals surface area contributed by atoms with Gasteiger partial charge in [-0.2, -0.15) is 4.99 Å². The predicted molar refractivity (Wildman–Crippen MR) is 68.2 cm³/mol. The van der Waals surface area contributed by atoms with Gasteiger partial charge in [0.2, 0.25) is 17.8 Å². The van der Waals surface area contributed by atoms with Gasteiger partial charge >= 0.3 is 0 Å². The van der Waals surface area contributed by atoms with Crippen LogP contribution in [-0.4, -0.2) is 21.8 Å². The van der Waals surface area contributed by atoms with Crippen LogP contribution < -0.4 is 11.1 Å². The number of carbonyl (C=O) groups excluding carboxylic acids is 1. The maximum absolute atomic E-state index is 11.5. The number of rotatable bonds is 2. The fourth-order valence-corrected chi connectivity index (χ4v) is 1.71. The fourth-order valence-electron chi connectivity index (χ4n) is 1.71. The van der Waals surface area contributed by atoms with Crippen LogP contribution >= 0.6 is 0 Å². The molecule has 3 rings (SSSR count). The molecule has 6 heteroatoms. The maximum atomic E-state index is 11.5. The van der Waals surface area contributed by atoms with Crippen LogP contribution in [0.25, 0.3) is 11.0 Å². The number of aromatic amines is 1. The Morgan fingerprint density at radius 1 is 1.44 bits per heavy atom. The summed E-state index contributed by atoms with van der Waals surface area (Å²) in [5.41, 5.74) is 7.36. The third-order valence-electron chi connectivity index (χ3n) is 2.80. The fraction of sp³-hybridized carbons (Fsp3) is 0.250. The van der Waals surface area contributed by atoms with Gasteiger partial charge in [0, 0.05) is 5.92 Å². The first-order valence-corrected chi connectivity index (χ1v) is 5.82. The van der Waals surface area contributed by atoms with E-state index < -0.39 is 0 Å². The number of imidazole rings is 1. The number of hydrogen-bond donors (Lipinski definition) is 3. The van der Waals surface area contributed by atoms with Crippen LogP contribution in [0.15, 0.2) is 29.3 Å². The zero-order valence-electron chi connectivity index (χ0n) is 9.68. The molecule has 4 N–H and O–H groups in total. The summed E-state index contributed by atoms with van der Waals surface area (Å²) in [7, 11) is 0. The van der Waals surface area contributed by atoms with Crippen molar-refractivity contribution in [2.75, 3.05) is 0 Å². The minimum atomic E-state index is -0.0626. The second kappa shape index (κ2) is 4.14. The smallest absolute Gasteiger partial charge is 0.231 e. The molecule has 6 nitrogen and oxygen atoms in total. The highest BCUT2D eigenvalue weighted by molar-refractivity contribution is 5.98. The first kappa shape index (κ1) is 10.8. The number of carbonyl (C=O) groups is 1. The van der Waals surface area contributed by atoms with E-state index in [1.54, 1.807) is 0 Å². The highest BCUT2D eigenvalue weighted by atomic mass is 16.2. The molecular weight excluding hydrogens is 230 g/mol. The molecule has 1 aromatic heterocycles. The minimum absolute atomic E-state index is 0.0626. The van der Waals surface area contributed by atoms with E-state index in [1.807, 2.05) is 24.3 Å². The van der Waals surface area contributed by atoms with Gasteiger partial charge in [-0.3, -0.25) is 10.1 Å². The van der Waals surface area contributed by atoms with Gasteiger partial charge in [-0.25, -0.2) is 4.98 Å². The van der Waals surface area contributed by atoms with E-state index >= 15 is 0 Å². The lowest BCUT2D eigenvalue weighted by atomic mass is 10.3. The lowest BCUT2D eigenvalue weighted by Gasteiger charge is -2.00. The Bertz CT molecular complexity index is 593. The number of nitrogens with two attached hydrogens (primary N) is 1. The van der Waals surface area contributed by atoms with Gasteiger partial charge in [0.05, 0.1) is 11.0 Å². The second-order valence-corrected chi connectivity index (χ2v) is 4.34. The number of aliphatic imine (C=N–C) groups is 1. The van der Waals surface area contributed by atoms with Gasteiger partial charge in [-0.05, 0) is 25.0 Å². The summed E-state index contributed by atoms with van der Waals surface area (Å²) in [6.45, 7) is 0. The van der Waals surface area contributed by atoms with Crippen molar-refractivity contribution in [2.24, 2.45) is 16.6 Å². The highest BCUT2D eigenvalue weighted by Crippen LogP contribution is 2.28. The lowest BCUT2D eigenvalue weighted by Crippen LogP contribution is -2.37. The summed E-state index contributed by atoms with van der Waals surface area (Å²) in [4.78, 5) is 22.8. The van der Waals surface area contributed by atoms with Crippen molar-refractivity contribution in [3.05, 3.63) is 24.3 Å². The van der Waals surface area contributed by atoms with Crippen LogP contribution in [-0.2, 0) is 4.79 Å².